The third-order valence-corrected chi connectivity index (χ3v) is 6.92. The van der Waals surface area contributed by atoms with Crippen LogP contribution in [0.1, 0.15) is 62.3 Å². The lowest BCUT2D eigenvalue weighted by molar-refractivity contribution is -0.132. The number of carbonyl (C=O) groups is 1. The van der Waals surface area contributed by atoms with Crippen LogP contribution in [0.5, 0.6) is 0 Å². The summed E-state index contributed by atoms with van der Waals surface area (Å²) in [5, 5.41) is 4.62. The fourth-order valence-corrected chi connectivity index (χ4v) is 5.53. The molecule has 2 aliphatic rings. The molecule has 1 amide bonds. The van der Waals surface area contributed by atoms with Gasteiger partial charge in [0.2, 0.25) is 0 Å². The van der Waals surface area contributed by atoms with Gasteiger partial charge in [0, 0.05) is 18.1 Å². The molecule has 0 spiro atoms. The molecule has 1 unspecified atom stereocenters. The second-order valence-corrected chi connectivity index (χ2v) is 8.87. The van der Waals surface area contributed by atoms with Crippen molar-refractivity contribution in [1.82, 2.24) is 15.2 Å². The van der Waals surface area contributed by atoms with Gasteiger partial charge in [0.25, 0.3) is 5.91 Å². The number of nitrogens with one attached hydrogen (secondary N) is 2. The second-order valence-electron chi connectivity index (χ2n) is 8.87. The Morgan fingerprint density at radius 2 is 1.87 bits per heavy atom. The first-order chi connectivity index (χ1) is 14.7. The van der Waals surface area contributed by atoms with Crippen molar-refractivity contribution in [3.05, 3.63) is 71.4 Å². The zero-order chi connectivity index (χ0) is 20.6. The van der Waals surface area contributed by atoms with Crippen LogP contribution in [0.4, 0.5) is 0 Å². The van der Waals surface area contributed by atoms with E-state index in [2.05, 4.69) is 70.7 Å². The molecule has 1 aromatic heterocycles. The van der Waals surface area contributed by atoms with E-state index >= 15 is 0 Å². The van der Waals surface area contributed by atoms with Crippen molar-refractivity contribution < 1.29 is 4.79 Å². The Morgan fingerprint density at radius 3 is 2.67 bits per heavy atom. The summed E-state index contributed by atoms with van der Waals surface area (Å²) in [4.78, 5) is 20.2. The average Bonchev–Trinajstić information content (AvgIpc) is 3.34. The van der Waals surface area contributed by atoms with Gasteiger partial charge in [0.15, 0.2) is 5.54 Å². The first-order valence-electron chi connectivity index (χ1n) is 11.5. The van der Waals surface area contributed by atoms with Gasteiger partial charge in [-0.25, -0.2) is 0 Å². The molecule has 5 rings (SSSR count). The number of fused-ring (bicyclic) bond motifs is 2. The van der Waals surface area contributed by atoms with Crippen molar-refractivity contribution in [1.29, 1.82) is 0 Å². The number of H-pyrrole nitrogens is 1. The highest BCUT2D eigenvalue weighted by Crippen LogP contribution is 2.45. The SMILES string of the molecule is CCCN1Cc2ccccc2C1(C(=O)NC1CCCCC1)c1cc2ccccc2[nH]1. The monoisotopic (exact) mass is 401 g/mol. The molecular formula is C26H31N3O. The van der Waals surface area contributed by atoms with Crippen LogP contribution in [0.15, 0.2) is 54.6 Å². The fourth-order valence-electron chi connectivity index (χ4n) is 5.53. The van der Waals surface area contributed by atoms with E-state index in [0.29, 0.717) is 0 Å². The molecule has 30 heavy (non-hydrogen) atoms. The topological polar surface area (TPSA) is 48.1 Å². The van der Waals surface area contributed by atoms with Crippen molar-refractivity contribution in [2.75, 3.05) is 6.54 Å². The van der Waals surface area contributed by atoms with Gasteiger partial charge in [0.1, 0.15) is 0 Å². The van der Waals surface area contributed by atoms with E-state index in [4.69, 9.17) is 0 Å². The maximum atomic E-state index is 14.2. The predicted molar refractivity (Wildman–Crippen MR) is 121 cm³/mol. The smallest absolute Gasteiger partial charge is 0.251 e. The van der Waals surface area contributed by atoms with Gasteiger partial charge in [-0.15, -0.1) is 0 Å². The highest BCUT2D eigenvalue weighted by Gasteiger charge is 2.53. The normalized spacial score (nSPS) is 22.3. The lowest BCUT2D eigenvalue weighted by atomic mass is 9.84. The molecule has 2 aromatic carbocycles. The number of aromatic amines is 1. The Morgan fingerprint density at radius 1 is 1.10 bits per heavy atom. The Labute approximate surface area is 178 Å². The van der Waals surface area contributed by atoms with E-state index in [1.165, 1.54) is 24.8 Å². The molecule has 156 valence electrons. The number of rotatable bonds is 5. The molecule has 1 atom stereocenters. The minimum atomic E-state index is -0.803. The molecule has 1 aliphatic carbocycles. The van der Waals surface area contributed by atoms with E-state index in [0.717, 1.165) is 54.5 Å². The van der Waals surface area contributed by atoms with Gasteiger partial charge < -0.3 is 10.3 Å². The first-order valence-corrected chi connectivity index (χ1v) is 11.5. The van der Waals surface area contributed by atoms with Gasteiger partial charge in [-0.3, -0.25) is 9.69 Å². The molecule has 3 aromatic rings. The minimum absolute atomic E-state index is 0.124. The fraction of sp³-hybridized carbons (Fsp3) is 0.423. The van der Waals surface area contributed by atoms with Gasteiger partial charge in [-0.1, -0.05) is 68.7 Å². The number of benzene rings is 2. The zero-order valence-corrected chi connectivity index (χ0v) is 17.8. The lowest BCUT2D eigenvalue weighted by Crippen LogP contribution is -2.56. The molecule has 0 saturated heterocycles. The molecule has 0 radical (unpaired) electrons. The van der Waals surface area contributed by atoms with E-state index in [9.17, 15) is 4.79 Å². The van der Waals surface area contributed by atoms with Crippen LogP contribution in [0.2, 0.25) is 0 Å². The summed E-state index contributed by atoms with van der Waals surface area (Å²) in [7, 11) is 0. The van der Waals surface area contributed by atoms with Crippen LogP contribution in [0.25, 0.3) is 10.9 Å². The highest BCUT2D eigenvalue weighted by atomic mass is 16.2. The Kier molecular flexibility index (Phi) is 5.11. The van der Waals surface area contributed by atoms with Gasteiger partial charge in [0.05, 0.1) is 5.69 Å². The van der Waals surface area contributed by atoms with Crippen LogP contribution in [0, 0.1) is 0 Å². The predicted octanol–water partition coefficient (Wildman–Crippen LogP) is 5.09. The van der Waals surface area contributed by atoms with Crippen molar-refractivity contribution in [3.63, 3.8) is 0 Å². The van der Waals surface area contributed by atoms with Crippen LogP contribution in [-0.4, -0.2) is 28.4 Å². The lowest BCUT2D eigenvalue weighted by Gasteiger charge is -2.39. The van der Waals surface area contributed by atoms with Gasteiger partial charge in [-0.05, 0) is 54.5 Å². The molecular weight excluding hydrogens is 370 g/mol. The van der Waals surface area contributed by atoms with Crippen LogP contribution >= 0.6 is 0 Å². The van der Waals surface area contributed by atoms with Crippen molar-refractivity contribution in [2.24, 2.45) is 0 Å². The van der Waals surface area contributed by atoms with Crippen molar-refractivity contribution >= 4 is 16.8 Å². The molecule has 4 heteroatoms. The zero-order valence-electron chi connectivity index (χ0n) is 17.8. The number of hydrogen-bond acceptors (Lipinski definition) is 2. The number of aromatic nitrogens is 1. The number of amides is 1. The quantitative estimate of drug-likeness (QED) is 0.626. The van der Waals surface area contributed by atoms with E-state index in [1.54, 1.807) is 0 Å². The summed E-state index contributed by atoms with van der Waals surface area (Å²) in [5.41, 5.74) is 3.64. The largest absolute Gasteiger partial charge is 0.356 e. The summed E-state index contributed by atoms with van der Waals surface area (Å²) in [5.74, 6) is 0.124. The number of nitrogens with zero attached hydrogens (tertiary/aromatic N) is 1. The Hall–Kier alpha value is -2.59. The molecule has 1 saturated carbocycles. The number of carbonyl (C=O) groups excluding carboxylic acids is 1. The maximum absolute atomic E-state index is 14.2. The highest BCUT2D eigenvalue weighted by molar-refractivity contribution is 5.94. The van der Waals surface area contributed by atoms with Crippen LogP contribution in [0.3, 0.4) is 0 Å². The third-order valence-electron chi connectivity index (χ3n) is 6.92. The standard InChI is InChI=1S/C26H31N3O/c1-2-16-29-18-20-11-6-8-14-22(20)26(29,25(30)27-21-12-4-3-5-13-21)24-17-19-10-7-9-15-23(19)28-24/h6-11,14-15,17,21,28H,2-5,12-13,16,18H2,1H3,(H,27,30). The molecule has 4 nitrogen and oxygen atoms in total. The van der Waals surface area contributed by atoms with Crippen molar-refractivity contribution in [3.8, 4) is 0 Å². The molecule has 1 fully saturated rings. The van der Waals surface area contributed by atoms with Gasteiger partial charge in [-0.2, -0.15) is 0 Å². The van der Waals surface area contributed by atoms with E-state index < -0.39 is 5.54 Å². The molecule has 2 N–H and O–H groups in total. The maximum Gasteiger partial charge on any atom is 0.251 e. The summed E-state index contributed by atoms with van der Waals surface area (Å²) >= 11 is 0. The van der Waals surface area contributed by atoms with Crippen LogP contribution in [-0.2, 0) is 16.9 Å². The Bertz CT molecular complexity index is 1020. The Balaban J connectivity index is 1.67. The molecule has 1 aliphatic heterocycles. The average molecular weight is 402 g/mol. The summed E-state index contributed by atoms with van der Waals surface area (Å²) in [6, 6.07) is 19.3. The van der Waals surface area contributed by atoms with Gasteiger partial charge >= 0.3 is 0 Å². The second kappa shape index (κ2) is 7.92. The van der Waals surface area contributed by atoms with Crippen LogP contribution < -0.4 is 5.32 Å². The number of para-hydroxylation sites is 1. The van der Waals surface area contributed by atoms with E-state index in [1.807, 2.05) is 6.07 Å². The first kappa shape index (κ1) is 19.4. The third kappa shape index (κ3) is 3.05. The van der Waals surface area contributed by atoms with Crippen molar-refractivity contribution in [2.45, 2.75) is 63.6 Å². The molecule has 2 heterocycles. The summed E-state index contributed by atoms with van der Waals surface area (Å²) in [6.07, 6.45) is 6.88. The van der Waals surface area contributed by atoms with E-state index in [-0.39, 0.29) is 11.9 Å². The minimum Gasteiger partial charge on any atom is -0.356 e. The number of hydrogen-bond donors (Lipinski definition) is 2. The molecule has 0 bridgehead atoms. The summed E-state index contributed by atoms with van der Waals surface area (Å²) < 4.78 is 0. The summed E-state index contributed by atoms with van der Waals surface area (Å²) in [6.45, 7) is 3.87.